The first kappa shape index (κ1) is 7.73. The van der Waals surface area contributed by atoms with Crippen molar-refractivity contribution in [3.63, 3.8) is 0 Å². The van der Waals surface area contributed by atoms with Gasteiger partial charge in [-0.2, -0.15) is 0 Å². The average Bonchev–Trinajstić information content (AvgIpc) is 1.88. The maximum absolute atomic E-state index is 10.8. The summed E-state index contributed by atoms with van der Waals surface area (Å²) in [6.45, 7) is 1.57. The molecule has 0 saturated heterocycles. The summed E-state index contributed by atoms with van der Waals surface area (Å²) in [6, 6.07) is 0. The lowest BCUT2D eigenvalue weighted by Crippen LogP contribution is -2.29. The first-order valence-corrected chi connectivity index (χ1v) is 3.90. The third-order valence-electron chi connectivity index (χ3n) is 2.25. The molecule has 0 aromatic carbocycles. The van der Waals surface area contributed by atoms with Crippen molar-refractivity contribution in [3.05, 3.63) is 0 Å². The number of rotatable bonds is 1. The minimum absolute atomic E-state index is 0.0613. The molecule has 0 bridgehead atoms. The molecule has 2 atom stereocenters. The lowest BCUT2D eigenvalue weighted by Gasteiger charge is -2.24. The van der Waals surface area contributed by atoms with Gasteiger partial charge in [0, 0.05) is 5.92 Å². The molecule has 0 aromatic heterocycles. The van der Waals surface area contributed by atoms with E-state index in [-0.39, 0.29) is 17.8 Å². The van der Waals surface area contributed by atoms with Gasteiger partial charge in [-0.25, -0.2) is 0 Å². The number of Topliss-reactive ketones (excluding diaryl/α,β-unsaturated/α-hetero) is 1. The van der Waals surface area contributed by atoms with Crippen molar-refractivity contribution >= 4 is 5.78 Å². The minimum atomic E-state index is -0.355. The molecule has 10 heavy (non-hydrogen) atoms. The molecular formula is C8H14O2. The zero-order chi connectivity index (χ0) is 7.56. The Hall–Kier alpha value is -0.370. The van der Waals surface area contributed by atoms with Crippen LogP contribution in [0.25, 0.3) is 0 Å². The molecule has 1 saturated carbocycles. The highest BCUT2D eigenvalue weighted by Crippen LogP contribution is 2.24. The number of carbonyl (C=O) groups is 1. The lowest BCUT2D eigenvalue weighted by atomic mass is 9.84. The Kier molecular flexibility index (Phi) is 2.44. The number of aliphatic hydroxyl groups excluding tert-OH is 1. The number of ketones is 1. The van der Waals surface area contributed by atoms with Crippen molar-refractivity contribution in [1.29, 1.82) is 0 Å². The molecule has 1 fully saturated rings. The van der Waals surface area contributed by atoms with Crippen LogP contribution < -0.4 is 0 Å². The third-order valence-corrected chi connectivity index (χ3v) is 2.25. The van der Waals surface area contributed by atoms with Gasteiger partial charge in [0.1, 0.15) is 5.78 Å². The van der Waals surface area contributed by atoms with Crippen LogP contribution in [0.15, 0.2) is 0 Å². The van der Waals surface area contributed by atoms with Gasteiger partial charge in [-0.15, -0.1) is 0 Å². The Bertz CT molecular complexity index is 131. The molecule has 0 radical (unpaired) electrons. The second kappa shape index (κ2) is 3.15. The first-order chi connectivity index (χ1) is 4.72. The summed E-state index contributed by atoms with van der Waals surface area (Å²) >= 11 is 0. The van der Waals surface area contributed by atoms with Gasteiger partial charge < -0.3 is 5.11 Å². The molecule has 0 aliphatic heterocycles. The van der Waals surface area contributed by atoms with E-state index in [4.69, 9.17) is 0 Å². The molecular weight excluding hydrogens is 128 g/mol. The van der Waals surface area contributed by atoms with Crippen molar-refractivity contribution in [2.75, 3.05) is 0 Å². The molecule has 0 spiro atoms. The predicted molar refractivity (Wildman–Crippen MR) is 38.6 cm³/mol. The van der Waals surface area contributed by atoms with Crippen LogP contribution in [0, 0.1) is 5.92 Å². The molecule has 2 heteroatoms. The van der Waals surface area contributed by atoms with Gasteiger partial charge in [0.2, 0.25) is 0 Å². The van der Waals surface area contributed by atoms with Crippen LogP contribution in [0.3, 0.4) is 0 Å². The zero-order valence-corrected chi connectivity index (χ0v) is 6.34. The molecule has 2 nitrogen and oxygen atoms in total. The molecule has 1 rings (SSSR count). The van der Waals surface area contributed by atoms with E-state index in [1.54, 1.807) is 6.92 Å². The summed E-state index contributed by atoms with van der Waals surface area (Å²) in [5.41, 5.74) is 0. The summed E-state index contributed by atoms with van der Waals surface area (Å²) < 4.78 is 0. The Labute approximate surface area is 61.2 Å². The molecule has 0 aromatic rings. The fourth-order valence-corrected chi connectivity index (χ4v) is 1.59. The highest BCUT2D eigenvalue weighted by atomic mass is 16.3. The fourth-order valence-electron chi connectivity index (χ4n) is 1.59. The maximum Gasteiger partial charge on any atom is 0.135 e. The second-order valence-corrected chi connectivity index (χ2v) is 3.07. The molecule has 0 unspecified atom stereocenters. The molecule has 0 amide bonds. The van der Waals surface area contributed by atoms with E-state index in [1.165, 1.54) is 0 Å². The monoisotopic (exact) mass is 142 g/mol. The SMILES string of the molecule is CC(=O)[C@@H]1CCCC[C@H]1O. The van der Waals surface area contributed by atoms with Gasteiger partial charge in [0.05, 0.1) is 6.10 Å². The highest BCUT2D eigenvalue weighted by molar-refractivity contribution is 5.78. The largest absolute Gasteiger partial charge is 0.392 e. The quantitative estimate of drug-likeness (QED) is 0.595. The fraction of sp³-hybridized carbons (Fsp3) is 0.875. The number of carbonyl (C=O) groups excluding carboxylic acids is 1. The van der Waals surface area contributed by atoms with Crippen molar-refractivity contribution < 1.29 is 9.90 Å². The third kappa shape index (κ3) is 1.57. The van der Waals surface area contributed by atoms with Crippen molar-refractivity contribution in [2.45, 2.75) is 38.7 Å². The van der Waals surface area contributed by atoms with Gasteiger partial charge in [-0.1, -0.05) is 12.8 Å². The van der Waals surface area contributed by atoms with Crippen LogP contribution >= 0.6 is 0 Å². The first-order valence-electron chi connectivity index (χ1n) is 3.90. The van der Waals surface area contributed by atoms with Gasteiger partial charge in [-0.3, -0.25) is 4.79 Å². The summed E-state index contributed by atoms with van der Waals surface area (Å²) in [5, 5.41) is 9.32. The topological polar surface area (TPSA) is 37.3 Å². The lowest BCUT2D eigenvalue weighted by molar-refractivity contribution is -0.125. The Morgan fingerprint density at radius 2 is 2.00 bits per heavy atom. The van der Waals surface area contributed by atoms with Crippen LogP contribution in [0.4, 0.5) is 0 Å². The van der Waals surface area contributed by atoms with E-state index in [2.05, 4.69) is 0 Å². The molecule has 0 heterocycles. The Morgan fingerprint density at radius 3 is 2.40 bits per heavy atom. The van der Waals surface area contributed by atoms with Crippen LogP contribution in [-0.4, -0.2) is 17.0 Å². The van der Waals surface area contributed by atoms with E-state index < -0.39 is 0 Å². The summed E-state index contributed by atoms with van der Waals surface area (Å²) in [7, 11) is 0. The van der Waals surface area contributed by atoms with Crippen LogP contribution in [0.1, 0.15) is 32.6 Å². The summed E-state index contributed by atoms with van der Waals surface area (Å²) in [6.07, 6.45) is 3.51. The average molecular weight is 142 g/mol. The van der Waals surface area contributed by atoms with E-state index in [9.17, 15) is 9.90 Å². The van der Waals surface area contributed by atoms with Gasteiger partial charge in [0.25, 0.3) is 0 Å². The van der Waals surface area contributed by atoms with E-state index in [0.717, 1.165) is 25.7 Å². The smallest absolute Gasteiger partial charge is 0.135 e. The van der Waals surface area contributed by atoms with Crippen molar-refractivity contribution in [1.82, 2.24) is 0 Å². The number of aliphatic hydroxyl groups is 1. The number of hydrogen-bond acceptors (Lipinski definition) is 2. The normalized spacial score (nSPS) is 33.8. The van der Waals surface area contributed by atoms with Crippen LogP contribution in [0.2, 0.25) is 0 Å². The predicted octanol–water partition coefficient (Wildman–Crippen LogP) is 1.13. The van der Waals surface area contributed by atoms with E-state index >= 15 is 0 Å². The standard InChI is InChI=1S/C8H14O2/c1-6(9)7-4-2-3-5-8(7)10/h7-8,10H,2-5H2,1H3/t7-,8+/m0/s1. The second-order valence-electron chi connectivity index (χ2n) is 3.07. The Morgan fingerprint density at radius 1 is 1.40 bits per heavy atom. The van der Waals surface area contributed by atoms with E-state index in [1.807, 2.05) is 0 Å². The zero-order valence-electron chi connectivity index (χ0n) is 6.34. The summed E-state index contributed by atoms with van der Waals surface area (Å²) in [5.74, 6) is 0.0842. The van der Waals surface area contributed by atoms with Crippen molar-refractivity contribution in [3.8, 4) is 0 Å². The number of hydrogen-bond donors (Lipinski definition) is 1. The van der Waals surface area contributed by atoms with Crippen molar-refractivity contribution in [2.24, 2.45) is 5.92 Å². The molecule has 1 aliphatic rings. The highest BCUT2D eigenvalue weighted by Gasteiger charge is 2.26. The van der Waals surface area contributed by atoms with Gasteiger partial charge >= 0.3 is 0 Å². The summed E-state index contributed by atoms with van der Waals surface area (Å²) in [4.78, 5) is 10.8. The van der Waals surface area contributed by atoms with Gasteiger partial charge in [-0.05, 0) is 19.8 Å². The van der Waals surface area contributed by atoms with E-state index in [0.29, 0.717) is 0 Å². The van der Waals surface area contributed by atoms with Crippen LogP contribution in [0.5, 0.6) is 0 Å². The molecule has 58 valence electrons. The minimum Gasteiger partial charge on any atom is -0.392 e. The maximum atomic E-state index is 10.8. The molecule has 1 aliphatic carbocycles. The Balaban J connectivity index is 2.47. The van der Waals surface area contributed by atoms with Gasteiger partial charge in [0.15, 0.2) is 0 Å². The van der Waals surface area contributed by atoms with Crippen LogP contribution in [-0.2, 0) is 4.79 Å². The molecule has 1 N–H and O–H groups in total.